The maximum absolute atomic E-state index is 6.64. The zero-order valence-corrected chi connectivity index (χ0v) is 17.0. The van der Waals surface area contributed by atoms with Crippen LogP contribution in [0.3, 0.4) is 0 Å². The second kappa shape index (κ2) is 6.64. The first-order valence-electron chi connectivity index (χ1n) is 10.8. The number of anilines is 4. The van der Waals surface area contributed by atoms with Crippen LogP contribution in [0.1, 0.15) is 51.0 Å². The van der Waals surface area contributed by atoms with Gasteiger partial charge in [-0.1, -0.05) is 12.1 Å². The molecule has 0 unspecified atom stereocenters. The number of hydrogen-bond donors (Lipinski definition) is 2. The van der Waals surface area contributed by atoms with Gasteiger partial charge in [0.15, 0.2) is 11.6 Å². The fraction of sp³-hybridized carbons (Fsp3) is 0.565. The van der Waals surface area contributed by atoms with E-state index in [0.29, 0.717) is 5.69 Å². The van der Waals surface area contributed by atoms with Crippen LogP contribution in [-0.4, -0.2) is 22.1 Å². The first-order chi connectivity index (χ1) is 13.5. The molecule has 0 amide bonds. The first-order valence-corrected chi connectivity index (χ1v) is 10.8. The van der Waals surface area contributed by atoms with Crippen LogP contribution in [0.4, 0.5) is 23.0 Å². The summed E-state index contributed by atoms with van der Waals surface area (Å²) in [5, 5.41) is 3.83. The third-order valence-electron chi connectivity index (χ3n) is 7.17. The van der Waals surface area contributed by atoms with Crippen molar-refractivity contribution in [1.29, 1.82) is 0 Å². The lowest BCUT2D eigenvalue weighted by Gasteiger charge is -2.57. The van der Waals surface area contributed by atoms with Crippen molar-refractivity contribution in [2.75, 3.05) is 22.5 Å². The highest BCUT2D eigenvalue weighted by atomic mass is 15.2. The largest absolute Gasteiger partial charge is 0.393 e. The normalized spacial score (nSPS) is 30.4. The lowest BCUT2D eigenvalue weighted by molar-refractivity contribution is 0.0106. The summed E-state index contributed by atoms with van der Waals surface area (Å²) in [6.45, 7) is 5.05. The van der Waals surface area contributed by atoms with Crippen molar-refractivity contribution in [2.45, 2.75) is 57.9 Å². The third-order valence-corrected chi connectivity index (χ3v) is 7.17. The molecule has 4 aliphatic carbocycles. The van der Waals surface area contributed by atoms with Gasteiger partial charge in [-0.25, -0.2) is 9.97 Å². The lowest BCUT2D eigenvalue weighted by atomic mass is 9.53. The van der Waals surface area contributed by atoms with E-state index in [1.165, 1.54) is 44.1 Å². The summed E-state index contributed by atoms with van der Waals surface area (Å²) in [5.74, 6) is 4.29. The average molecular weight is 378 g/mol. The minimum Gasteiger partial charge on any atom is -0.393 e. The van der Waals surface area contributed by atoms with Gasteiger partial charge >= 0.3 is 0 Å². The minimum absolute atomic E-state index is 0.189. The molecule has 1 aromatic carbocycles. The van der Waals surface area contributed by atoms with E-state index >= 15 is 0 Å². The van der Waals surface area contributed by atoms with Gasteiger partial charge in [0.05, 0.1) is 0 Å². The molecular formula is C23H31N5. The average Bonchev–Trinajstić information content (AvgIpc) is 2.64. The summed E-state index contributed by atoms with van der Waals surface area (Å²) in [6, 6.07) is 8.49. The Morgan fingerprint density at radius 2 is 1.79 bits per heavy atom. The molecule has 0 aliphatic heterocycles. The monoisotopic (exact) mass is 377 g/mol. The Kier molecular flexibility index (Phi) is 4.22. The van der Waals surface area contributed by atoms with Gasteiger partial charge in [0.2, 0.25) is 0 Å². The first kappa shape index (κ1) is 17.8. The molecule has 4 fully saturated rings. The Bertz CT molecular complexity index is 842. The van der Waals surface area contributed by atoms with E-state index in [-0.39, 0.29) is 5.54 Å². The van der Waals surface area contributed by atoms with Crippen molar-refractivity contribution in [2.24, 2.45) is 17.8 Å². The summed E-state index contributed by atoms with van der Waals surface area (Å²) >= 11 is 0. The topological polar surface area (TPSA) is 67.1 Å². The van der Waals surface area contributed by atoms with Crippen LogP contribution in [0.2, 0.25) is 0 Å². The smallest absolute Gasteiger partial charge is 0.161 e. The molecule has 0 saturated heterocycles. The number of nitrogens with one attached hydrogen (secondary N) is 1. The van der Waals surface area contributed by atoms with Crippen molar-refractivity contribution in [1.82, 2.24) is 9.97 Å². The highest BCUT2D eigenvalue weighted by Crippen LogP contribution is 2.56. The van der Waals surface area contributed by atoms with Crippen molar-refractivity contribution < 1.29 is 0 Å². The molecule has 0 spiro atoms. The predicted molar refractivity (Wildman–Crippen MR) is 115 cm³/mol. The second-order valence-electron chi connectivity index (χ2n) is 9.37. The molecule has 5 heteroatoms. The van der Waals surface area contributed by atoms with Crippen LogP contribution in [0.15, 0.2) is 30.6 Å². The SMILES string of the molecule is CCN(c1cccc(C)c1)c1ncnc(NC23CC4CC(CC(C4)C2)C3)c1N. The molecule has 148 valence electrons. The van der Waals surface area contributed by atoms with E-state index in [0.717, 1.165) is 41.6 Å². The molecular weight excluding hydrogens is 346 g/mol. The van der Waals surface area contributed by atoms with Gasteiger partial charge in [-0.3, -0.25) is 0 Å². The van der Waals surface area contributed by atoms with Crippen LogP contribution in [0.5, 0.6) is 0 Å². The molecule has 4 bridgehead atoms. The zero-order chi connectivity index (χ0) is 19.3. The van der Waals surface area contributed by atoms with Crippen molar-refractivity contribution in [3.8, 4) is 0 Å². The standard InChI is InChI=1S/C23H31N5/c1-3-28(19-6-4-5-15(2)7-19)22-20(24)21(25-14-26-22)27-23-11-16-8-17(12-23)10-18(9-16)13-23/h4-7,14,16-18H,3,8-13,24H2,1-2H3,(H,25,26,27). The van der Waals surface area contributed by atoms with E-state index in [1.54, 1.807) is 6.33 Å². The van der Waals surface area contributed by atoms with Crippen LogP contribution in [0.25, 0.3) is 0 Å². The maximum Gasteiger partial charge on any atom is 0.161 e. The molecule has 4 saturated carbocycles. The zero-order valence-electron chi connectivity index (χ0n) is 17.0. The number of aryl methyl sites for hydroxylation is 1. The van der Waals surface area contributed by atoms with Crippen LogP contribution < -0.4 is 16.0 Å². The van der Waals surface area contributed by atoms with Crippen LogP contribution in [0, 0.1) is 24.7 Å². The van der Waals surface area contributed by atoms with Crippen molar-refractivity contribution >= 4 is 23.0 Å². The Hall–Kier alpha value is -2.30. The van der Waals surface area contributed by atoms with Crippen LogP contribution in [-0.2, 0) is 0 Å². The quantitative estimate of drug-likeness (QED) is 0.775. The summed E-state index contributed by atoms with van der Waals surface area (Å²) in [4.78, 5) is 11.3. The second-order valence-corrected chi connectivity index (χ2v) is 9.37. The number of nitrogen functional groups attached to an aromatic ring is 1. The third kappa shape index (κ3) is 3.01. The summed E-state index contributed by atoms with van der Waals surface area (Å²) in [5.41, 5.74) is 9.84. The molecule has 1 aromatic heterocycles. The molecule has 28 heavy (non-hydrogen) atoms. The number of hydrogen-bond acceptors (Lipinski definition) is 5. The van der Waals surface area contributed by atoms with Gasteiger partial charge in [0, 0.05) is 17.8 Å². The number of aromatic nitrogens is 2. The van der Waals surface area contributed by atoms with Crippen molar-refractivity contribution in [3.63, 3.8) is 0 Å². The van der Waals surface area contributed by atoms with E-state index in [1.807, 2.05) is 0 Å². The molecule has 3 N–H and O–H groups in total. The number of nitrogens with zero attached hydrogens (tertiary/aromatic N) is 3. The highest BCUT2D eigenvalue weighted by molar-refractivity contribution is 5.79. The van der Waals surface area contributed by atoms with Gasteiger partial charge < -0.3 is 16.0 Å². The maximum atomic E-state index is 6.64. The fourth-order valence-electron chi connectivity index (χ4n) is 6.47. The molecule has 4 aliphatic rings. The summed E-state index contributed by atoms with van der Waals surface area (Å²) < 4.78 is 0. The Morgan fingerprint density at radius 3 is 2.39 bits per heavy atom. The Balaban J connectivity index is 1.46. The number of rotatable bonds is 5. The fourth-order valence-corrected chi connectivity index (χ4v) is 6.47. The van der Waals surface area contributed by atoms with Gasteiger partial charge in [-0.05, 0) is 87.8 Å². The lowest BCUT2D eigenvalue weighted by Crippen LogP contribution is -2.55. The van der Waals surface area contributed by atoms with E-state index in [4.69, 9.17) is 5.73 Å². The van der Waals surface area contributed by atoms with Gasteiger partial charge in [0.1, 0.15) is 12.0 Å². The van der Waals surface area contributed by atoms with Gasteiger partial charge in [-0.15, -0.1) is 0 Å². The minimum atomic E-state index is 0.189. The molecule has 1 heterocycles. The molecule has 5 nitrogen and oxygen atoms in total. The molecule has 2 aromatic rings. The van der Waals surface area contributed by atoms with Gasteiger partial charge in [-0.2, -0.15) is 0 Å². The van der Waals surface area contributed by atoms with E-state index in [2.05, 4.69) is 58.3 Å². The number of nitrogens with two attached hydrogens (primary N) is 1. The van der Waals surface area contributed by atoms with E-state index in [9.17, 15) is 0 Å². The summed E-state index contributed by atoms with van der Waals surface area (Å²) in [6.07, 6.45) is 9.77. The Morgan fingerprint density at radius 1 is 1.11 bits per heavy atom. The molecule has 6 rings (SSSR count). The van der Waals surface area contributed by atoms with Crippen molar-refractivity contribution in [3.05, 3.63) is 36.2 Å². The number of benzene rings is 1. The summed E-state index contributed by atoms with van der Waals surface area (Å²) in [7, 11) is 0. The Labute approximate surface area is 167 Å². The highest BCUT2D eigenvalue weighted by Gasteiger charge is 2.51. The molecule has 0 atom stereocenters. The molecule has 0 radical (unpaired) electrons. The van der Waals surface area contributed by atoms with Crippen LogP contribution >= 0.6 is 0 Å². The van der Waals surface area contributed by atoms with E-state index < -0.39 is 0 Å². The van der Waals surface area contributed by atoms with Gasteiger partial charge in [0.25, 0.3) is 0 Å². The predicted octanol–water partition coefficient (Wildman–Crippen LogP) is 4.91.